The first kappa shape index (κ1) is 21.5. The van der Waals surface area contributed by atoms with Crippen LogP contribution >= 0.6 is 11.8 Å². The molecule has 2 fully saturated rings. The molecule has 6 nitrogen and oxygen atoms in total. The number of carbonyl (C=O) groups is 1. The highest BCUT2D eigenvalue weighted by molar-refractivity contribution is 8.13. The first-order valence-electron chi connectivity index (χ1n) is 10.5. The van der Waals surface area contributed by atoms with Crippen LogP contribution in [0.15, 0.2) is 10.1 Å². The Morgan fingerprint density at radius 2 is 1.89 bits per heavy atom. The van der Waals surface area contributed by atoms with E-state index in [9.17, 15) is 4.79 Å². The molecule has 1 saturated heterocycles. The molecule has 2 heterocycles. The maximum atomic E-state index is 12.3. The molecule has 0 N–H and O–H groups in total. The zero-order valence-electron chi connectivity index (χ0n) is 18.0. The lowest BCUT2D eigenvalue weighted by Crippen LogP contribution is -2.48. The molecular formula is C21H35N3O3S. The molecule has 0 unspecified atom stereocenters. The van der Waals surface area contributed by atoms with Gasteiger partial charge < -0.3 is 14.5 Å². The Balaban J connectivity index is 1.48. The second kappa shape index (κ2) is 8.64. The molecule has 28 heavy (non-hydrogen) atoms. The SMILES string of the molecule is C/N=C(\SC)[C@H]1CC[C@H](C2=NOC3(CCN(C(=O)OC(C)(C)C)CC3)C2)CC1. The van der Waals surface area contributed by atoms with Crippen LogP contribution in [0.3, 0.4) is 0 Å². The second-order valence-electron chi connectivity index (χ2n) is 9.32. The number of nitrogens with zero attached hydrogens (tertiary/aromatic N) is 3. The van der Waals surface area contributed by atoms with Gasteiger partial charge >= 0.3 is 6.09 Å². The summed E-state index contributed by atoms with van der Waals surface area (Å²) in [6.07, 6.45) is 9.20. The van der Waals surface area contributed by atoms with E-state index in [1.165, 1.54) is 36.4 Å². The fourth-order valence-electron chi connectivity index (χ4n) is 4.57. The first-order valence-corrected chi connectivity index (χ1v) is 11.7. The largest absolute Gasteiger partial charge is 0.444 e. The number of carbonyl (C=O) groups excluding carboxylic acids is 1. The maximum Gasteiger partial charge on any atom is 0.410 e. The lowest BCUT2D eigenvalue weighted by atomic mass is 9.76. The van der Waals surface area contributed by atoms with Crippen molar-refractivity contribution in [3.8, 4) is 0 Å². The zero-order chi connectivity index (χ0) is 20.4. The van der Waals surface area contributed by atoms with Gasteiger partial charge in [-0.3, -0.25) is 4.99 Å². The van der Waals surface area contributed by atoms with Gasteiger partial charge in [0.25, 0.3) is 0 Å². The Morgan fingerprint density at radius 1 is 1.25 bits per heavy atom. The van der Waals surface area contributed by atoms with Crippen LogP contribution in [0.25, 0.3) is 0 Å². The first-order chi connectivity index (χ1) is 13.3. The Bertz CT molecular complexity index is 625. The smallest absolute Gasteiger partial charge is 0.410 e. The molecular weight excluding hydrogens is 374 g/mol. The Hall–Kier alpha value is -1.24. The molecule has 7 heteroatoms. The van der Waals surface area contributed by atoms with Crippen molar-refractivity contribution < 1.29 is 14.4 Å². The van der Waals surface area contributed by atoms with Gasteiger partial charge in [0.05, 0.1) is 10.8 Å². The third kappa shape index (κ3) is 5.02. The summed E-state index contributed by atoms with van der Waals surface area (Å²) in [4.78, 5) is 24.5. The van der Waals surface area contributed by atoms with Gasteiger partial charge in [-0.2, -0.15) is 0 Å². The number of thioether (sulfide) groups is 1. The number of oxime groups is 1. The minimum Gasteiger partial charge on any atom is -0.444 e. The number of hydrogen-bond acceptors (Lipinski definition) is 6. The van der Waals surface area contributed by atoms with Crippen LogP contribution in [0.5, 0.6) is 0 Å². The summed E-state index contributed by atoms with van der Waals surface area (Å²) >= 11 is 1.79. The lowest BCUT2D eigenvalue weighted by Gasteiger charge is -2.38. The van der Waals surface area contributed by atoms with Crippen molar-refractivity contribution in [3.05, 3.63) is 0 Å². The van der Waals surface area contributed by atoms with Gasteiger partial charge in [-0.05, 0) is 52.7 Å². The highest BCUT2D eigenvalue weighted by atomic mass is 32.2. The average Bonchev–Trinajstić information content (AvgIpc) is 3.06. The molecule has 1 spiro atoms. The highest BCUT2D eigenvalue weighted by Crippen LogP contribution is 2.40. The van der Waals surface area contributed by atoms with E-state index < -0.39 is 5.60 Å². The number of amides is 1. The molecule has 1 amide bonds. The highest BCUT2D eigenvalue weighted by Gasteiger charge is 2.45. The Kier molecular flexibility index (Phi) is 6.62. The van der Waals surface area contributed by atoms with Crippen LogP contribution in [-0.2, 0) is 9.57 Å². The van der Waals surface area contributed by atoms with Crippen molar-refractivity contribution in [2.45, 2.75) is 76.9 Å². The summed E-state index contributed by atoms with van der Waals surface area (Å²) in [5, 5.41) is 5.81. The summed E-state index contributed by atoms with van der Waals surface area (Å²) < 4.78 is 5.50. The van der Waals surface area contributed by atoms with Gasteiger partial charge in [-0.1, -0.05) is 5.16 Å². The van der Waals surface area contributed by atoms with Crippen LogP contribution in [0.1, 0.15) is 65.7 Å². The lowest BCUT2D eigenvalue weighted by molar-refractivity contribution is -0.0639. The van der Waals surface area contributed by atoms with E-state index >= 15 is 0 Å². The molecule has 158 valence electrons. The van der Waals surface area contributed by atoms with Gasteiger partial charge in [0.2, 0.25) is 0 Å². The second-order valence-corrected chi connectivity index (χ2v) is 10.1. The van der Waals surface area contributed by atoms with Gasteiger partial charge in [-0.15, -0.1) is 11.8 Å². The molecule has 3 rings (SSSR count). The molecule has 1 saturated carbocycles. The summed E-state index contributed by atoms with van der Waals surface area (Å²) in [7, 11) is 1.90. The number of aliphatic imine (C=N–C) groups is 1. The summed E-state index contributed by atoms with van der Waals surface area (Å²) in [6.45, 7) is 7.06. The Morgan fingerprint density at radius 3 is 2.43 bits per heavy atom. The van der Waals surface area contributed by atoms with E-state index in [1.807, 2.05) is 27.8 Å². The molecule has 1 aliphatic carbocycles. The van der Waals surface area contributed by atoms with Gasteiger partial charge in [0, 0.05) is 51.2 Å². The summed E-state index contributed by atoms with van der Waals surface area (Å²) in [5.41, 5.74) is 0.576. The van der Waals surface area contributed by atoms with Crippen molar-refractivity contribution in [2.75, 3.05) is 26.4 Å². The van der Waals surface area contributed by atoms with Crippen LogP contribution in [-0.4, -0.2) is 59.3 Å². The number of hydrogen-bond donors (Lipinski definition) is 0. The normalized spacial score (nSPS) is 28.1. The molecule has 0 aromatic carbocycles. The fourth-order valence-corrected chi connectivity index (χ4v) is 5.33. The quantitative estimate of drug-likeness (QED) is 0.488. The molecule has 3 aliphatic rings. The van der Waals surface area contributed by atoms with Gasteiger partial charge in [0.1, 0.15) is 11.2 Å². The number of piperidine rings is 1. The topological polar surface area (TPSA) is 63.5 Å². The fraction of sp³-hybridized carbons (Fsp3) is 0.857. The predicted octanol–water partition coefficient (Wildman–Crippen LogP) is 4.73. The maximum absolute atomic E-state index is 12.3. The minimum absolute atomic E-state index is 0.208. The molecule has 0 radical (unpaired) electrons. The summed E-state index contributed by atoms with van der Waals surface area (Å²) in [6, 6.07) is 0. The number of likely N-dealkylation sites (tertiary alicyclic amines) is 1. The van der Waals surface area contributed by atoms with E-state index in [0.29, 0.717) is 24.9 Å². The third-order valence-corrected chi connectivity index (χ3v) is 7.10. The number of rotatable bonds is 2. The van der Waals surface area contributed by atoms with Crippen molar-refractivity contribution in [2.24, 2.45) is 22.0 Å². The van der Waals surface area contributed by atoms with Crippen LogP contribution in [0.4, 0.5) is 4.79 Å². The summed E-state index contributed by atoms with van der Waals surface area (Å²) in [5.74, 6) is 1.16. The zero-order valence-corrected chi connectivity index (χ0v) is 18.8. The molecule has 0 aromatic rings. The third-order valence-electron chi connectivity index (χ3n) is 6.16. The van der Waals surface area contributed by atoms with Crippen molar-refractivity contribution in [1.82, 2.24) is 4.90 Å². The van der Waals surface area contributed by atoms with Gasteiger partial charge in [0.15, 0.2) is 0 Å². The van der Waals surface area contributed by atoms with E-state index in [2.05, 4.69) is 16.4 Å². The predicted molar refractivity (Wildman–Crippen MR) is 115 cm³/mol. The molecule has 0 atom stereocenters. The van der Waals surface area contributed by atoms with Crippen LogP contribution in [0, 0.1) is 11.8 Å². The van der Waals surface area contributed by atoms with Crippen LogP contribution < -0.4 is 0 Å². The van der Waals surface area contributed by atoms with E-state index in [-0.39, 0.29) is 11.7 Å². The van der Waals surface area contributed by atoms with Crippen molar-refractivity contribution in [1.29, 1.82) is 0 Å². The van der Waals surface area contributed by atoms with E-state index in [1.54, 1.807) is 16.7 Å². The molecule has 0 aromatic heterocycles. The monoisotopic (exact) mass is 409 g/mol. The number of ether oxygens (including phenoxy) is 1. The van der Waals surface area contributed by atoms with Crippen molar-refractivity contribution in [3.63, 3.8) is 0 Å². The van der Waals surface area contributed by atoms with Crippen LogP contribution in [0.2, 0.25) is 0 Å². The van der Waals surface area contributed by atoms with E-state index in [0.717, 1.165) is 19.3 Å². The molecule has 0 bridgehead atoms. The Labute approximate surface area is 173 Å². The van der Waals surface area contributed by atoms with Crippen molar-refractivity contribution >= 4 is 28.6 Å². The average molecular weight is 410 g/mol. The standard InChI is InChI=1S/C21H35N3O3S/c1-20(2,3)26-19(25)24-12-10-21(11-13-24)14-17(23-27-21)15-6-8-16(9-7-15)18(22-4)28-5/h15-16H,6-14H2,1-5H3/b22-18-/t15-,16-. The van der Waals surface area contributed by atoms with Gasteiger partial charge in [-0.25, -0.2) is 4.79 Å². The molecule has 2 aliphatic heterocycles. The van der Waals surface area contributed by atoms with E-state index in [4.69, 9.17) is 9.57 Å². The minimum atomic E-state index is -0.455.